The summed E-state index contributed by atoms with van der Waals surface area (Å²) in [6.07, 6.45) is 0.594. The van der Waals surface area contributed by atoms with Gasteiger partial charge in [0.2, 0.25) is 0 Å². The predicted octanol–water partition coefficient (Wildman–Crippen LogP) is 0.818. The molecule has 0 spiro atoms. The summed E-state index contributed by atoms with van der Waals surface area (Å²) in [5.41, 5.74) is -1.85. The van der Waals surface area contributed by atoms with Crippen molar-refractivity contribution in [2.45, 2.75) is 46.6 Å². The quantitative estimate of drug-likeness (QED) is 0.726. The third-order valence-electron chi connectivity index (χ3n) is 2.61. The third kappa shape index (κ3) is 6.19. The zero-order valence-corrected chi connectivity index (χ0v) is 15.5. The molecule has 0 saturated heterocycles. The van der Waals surface area contributed by atoms with Gasteiger partial charge in [-0.1, -0.05) is 0 Å². The molecule has 1 aromatic heterocycles. The van der Waals surface area contributed by atoms with E-state index in [0.717, 1.165) is 9.13 Å². The number of esters is 1. The van der Waals surface area contributed by atoms with Gasteiger partial charge in [-0.15, -0.1) is 0 Å². The van der Waals surface area contributed by atoms with E-state index in [2.05, 4.69) is 21.2 Å². The summed E-state index contributed by atoms with van der Waals surface area (Å²) in [6.45, 7) is 6.02. The highest BCUT2D eigenvalue weighted by Gasteiger charge is 2.16. The standard InChI is InChI=1S/C14H20BrN3O6/c1-9(19)23-8-17-7-10(15)11(20)18(13(17)22)6-5-16-12(21)24-14(2,3)4/h7H,5-6,8H2,1-4H3,(H,16,21). The second-order valence-corrected chi connectivity index (χ2v) is 6.73. The van der Waals surface area contributed by atoms with Crippen LogP contribution < -0.4 is 16.6 Å². The summed E-state index contributed by atoms with van der Waals surface area (Å²) in [5, 5.41) is 2.46. The number of carbonyl (C=O) groups is 2. The van der Waals surface area contributed by atoms with Crippen LogP contribution >= 0.6 is 15.9 Å². The maximum atomic E-state index is 12.2. The molecule has 1 heterocycles. The Labute approximate surface area is 146 Å². The number of halogens is 1. The van der Waals surface area contributed by atoms with Crippen molar-refractivity contribution in [2.24, 2.45) is 0 Å². The van der Waals surface area contributed by atoms with Gasteiger partial charge in [-0.25, -0.2) is 9.59 Å². The van der Waals surface area contributed by atoms with E-state index in [-0.39, 0.29) is 24.3 Å². The summed E-state index contributed by atoms with van der Waals surface area (Å²) in [5.74, 6) is -0.553. The van der Waals surface area contributed by atoms with Crippen molar-refractivity contribution in [1.29, 1.82) is 0 Å². The van der Waals surface area contributed by atoms with Crippen LogP contribution in [0.5, 0.6) is 0 Å². The van der Waals surface area contributed by atoms with Crippen molar-refractivity contribution in [1.82, 2.24) is 14.5 Å². The summed E-state index contributed by atoms with van der Waals surface area (Å²) in [7, 11) is 0. The molecule has 9 nitrogen and oxygen atoms in total. The van der Waals surface area contributed by atoms with Crippen molar-refractivity contribution < 1.29 is 19.1 Å². The van der Waals surface area contributed by atoms with Crippen molar-refractivity contribution in [3.05, 3.63) is 31.5 Å². The van der Waals surface area contributed by atoms with E-state index in [4.69, 9.17) is 9.47 Å². The molecule has 1 aromatic rings. The molecule has 0 bridgehead atoms. The minimum atomic E-state index is -0.657. The van der Waals surface area contributed by atoms with Gasteiger partial charge in [0.1, 0.15) is 5.60 Å². The van der Waals surface area contributed by atoms with Crippen LogP contribution in [0.3, 0.4) is 0 Å². The number of hydrogen-bond acceptors (Lipinski definition) is 6. The molecule has 0 aliphatic carbocycles. The van der Waals surface area contributed by atoms with Crippen LogP contribution in [-0.4, -0.2) is 33.3 Å². The molecular formula is C14H20BrN3O6. The number of nitrogens with zero attached hydrogens (tertiary/aromatic N) is 2. The Kier molecular flexibility index (Phi) is 6.76. The molecule has 10 heteroatoms. The average Bonchev–Trinajstić information content (AvgIpc) is 2.43. The van der Waals surface area contributed by atoms with E-state index in [1.165, 1.54) is 13.1 Å². The molecule has 0 unspecified atom stereocenters. The van der Waals surface area contributed by atoms with E-state index >= 15 is 0 Å². The molecular weight excluding hydrogens is 386 g/mol. The van der Waals surface area contributed by atoms with Gasteiger partial charge in [0.25, 0.3) is 5.56 Å². The normalized spacial score (nSPS) is 11.0. The van der Waals surface area contributed by atoms with Crippen LogP contribution in [0.25, 0.3) is 0 Å². The van der Waals surface area contributed by atoms with Gasteiger partial charge in [0.15, 0.2) is 6.73 Å². The number of hydrogen-bond donors (Lipinski definition) is 1. The number of alkyl carbamates (subject to hydrolysis) is 1. The highest BCUT2D eigenvalue weighted by atomic mass is 79.9. The lowest BCUT2D eigenvalue weighted by molar-refractivity contribution is -0.144. The second-order valence-electron chi connectivity index (χ2n) is 5.88. The monoisotopic (exact) mass is 405 g/mol. The maximum absolute atomic E-state index is 12.2. The third-order valence-corrected chi connectivity index (χ3v) is 3.15. The van der Waals surface area contributed by atoms with Gasteiger partial charge < -0.3 is 14.8 Å². The van der Waals surface area contributed by atoms with Crippen molar-refractivity contribution in [3.8, 4) is 0 Å². The average molecular weight is 406 g/mol. The number of nitrogens with one attached hydrogen (secondary N) is 1. The first-order valence-corrected chi connectivity index (χ1v) is 7.90. The maximum Gasteiger partial charge on any atom is 0.407 e. The molecule has 24 heavy (non-hydrogen) atoms. The molecule has 0 atom stereocenters. The Bertz CT molecular complexity index is 731. The molecule has 0 radical (unpaired) electrons. The zero-order valence-electron chi connectivity index (χ0n) is 13.9. The largest absolute Gasteiger partial charge is 0.444 e. The smallest absolute Gasteiger partial charge is 0.407 e. The molecule has 0 aliphatic heterocycles. The van der Waals surface area contributed by atoms with Crippen molar-refractivity contribution >= 4 is 28.0 Å². The Hall–Kier alpha value is -2.10. The van der Waals surface area contributed by atoms with Gasteiger partial charge in [0, 0.05) is 26.2 Å². The molecule has 134 valence electrons. The van der Waals surface area contributed by atoms with E-state index in [9.17, 15) is 19.2 Å². The fourth-order valence-corrected chi connectivity index (χ4v) is 2.11. The van der Waals surface area contributed by atoms with Crippen LogP contribution in [0.2, 0.25) is 0 Å². The van der Waals surface area contributed by atoms with Crippen LogP contribution in [0.4, 0.5) is 4.79 Å². The molecule has 1 rings (SSSR count). The van der Waals surface area contributed by atoms with Gasteiger partial charge in [0.05, 0.1) is 4.47 Å². The van der Waals surface area contributed by atoms with E-state index in [1.807, 2.05) is 0 Å². The number of ether oxygens (including phenoxy) is 2. The first-order chi connectivity index (χ1) is 11.0. The van der Waals surface area contributed by atoms with E-state index in [1.54, 1.807) is 20.8 Å². The topological polar surface area (TPSA) is 109 Å². The van der Waals surface area contributed by atoms with Crippen LogP contribution in [0, 0.1) is 0 Å². The first kappa shape index (κ1) is 19.9. The molecule has 0 aliphatic rings. The fraction of sp³-hybridized carbons (Fsp3) is 0.571. The van der Waals surface area contributed by atoms with Crippen molar-refractivity contribution in [2.75, 3.05) is 6.54 Å². The van der Waals surface area contributed by atoms with Gasteiger partial charge in [-0.05, 0) is 36.7 Å². The summed E-state index contributed by atoms with van der Waals surface area (Å²) >= 11 is 3.05. The fourth-order valence-electron chi connectivity index (χ4n) is 1.65. The molecule has 1 amide bonds. The summed E-state index contributed by atoms with van der Waals surface area (Å²) in [6, 6.07) is 0. The number of aromatic nitrogens is 2. The zero-order chi connectivity index (χ0) is 18.5. The lowest BCUT2D eigenvalue weighted by Crippen LogP contribution is -2.43. The van der Waals surface area contributed by atoms with Gasteiger partial charge >= 0.3 is 17.8 Å². The molecule has 0 saturated carbocycles. The Morgan fingerprint density at radius 2 is 1.92 bits per heavy atom. The SMILES string of the molecule is CC(=O)OCn1cc(Br)c(=O)n(CCNC(=O)OC(C)(C)C)c1=O. The summed E-state index contributed by atoms with van der Waals surface area (Å²) < 4.78 is 11.9. The minimum Gasteiger partial charge on any atom is -0.444 e. The number of amides is 1. The molecule has 1 N–H and O–H groups in total. The lowest BCUT2D eigenvalue weighted by Gasteiger charge is -2.19. The highest BCUT2D eigenvalue weighted by molar-refractivity contribution is 9.10. The van der Waals surface area contributed by atoms with Crippen LogP contribution in [-0.2, 0) is 27.5 Å². The first-order valence-electron chi connectivity index (χ1n) is 7.11. The summed E-state index contributed by atoms with van der Waals surface area (Å²) in [4.78, 5) is 46.7. The Morgan fingerprint density at radius 3 is 2.46 bits per heavy atom. The van der Waals surface area contributed by atoms with Gasteiger partial charge in [-0.3, -0.25) is 18.7 Å². The number of rotatable bonds is 5. The van der Waals surface area contributed by atoms with Crippen LogP contribution in [0.15, 0.2) is 20.3 Å². The number of carbonyl (C=O) groups excluding carboxylic acids is 2. The van der Waals surface area contributed by atoms with E-state index < -0.39 is 28.9 Å². The molecule has 0 aromatic carbocycles. The van der Waals surface area contributed by atoms with Gasteiger partial charge in [-0.2, -0.15) is 0 Å². The van der Waals surface area contributed by atoms with E-state index in [0.29, 0.717) is 0 Å². The minimum absolute atomic E-state index is 0.0219. The predicted molar refractivity (Wildman–Crippen MR) is 88.7 cm³/mol. The Balaban J connectivity index is 2.84. The second kappa shape index (κ2) is 8.13. The molecule has 0 fully saturated rings. The Morgan fingerprint density at radius 1 is 1.29 bits per heavy atom. The lowest BCUT2D eigenvalue weighted by atomic mass is 10.2. The van der Waals surface area contributed by atoms with Crippen molar-refractivity contribution in [3.63, 3.8) is 0 Å². The van der Waals surface area contributed by atoms with Crippen LogP contribution in [0.1, 0.15) is 27.7 Å². The highest BCUT2D eigenvalue weighted by Crippen LogP contribution is 2.06.